The molecule has 1 aliphatic rings. The average molecular weight is 416 g/mol. The first-order valence-electron chi connectivity index (χ1n) is 9.07. The van der Waals surface area contributed by atoms with E-state index in [-0.39, 0.29) is 31.0 Å². The molecule has 0 bridgehead atoms. The lowest BCUT2D eigenvalue weighted by Crippen LogP contribution is -2.39. The van der Waals surface area contributed by atoms with Crippen molar-refractivity contribution in [1.29, 1.82) is 0 Å². The fraction of sp³-hybridized carbons (Fsp3) is 0.286. The average Bonchev–Trinajstić information content (AvgIpc) is 3.18. The lowest BCUT2D eigenvalue weighted by Gasteiger charge is -2.22. The molecule has 0 aromatic heterocycles. The van der Waals surface area contributed by atoms with Crippen molar-refractivity contribution >= 4 is 29.1 Å². The number of amides is 2. The van der Waals surface area contributed by atoms with Crippen LogP contribution < -0.4 is 10.1 Å². The van der Waals surface area contributed by atoms with Gasteiger partial charge < -0.3 is 14.8 Å². The third kappa shape index (κ3) is 4.93. The summed E-state index contributed by atoms with van der Waals surface area (Å²) in [5.41, 5.74) is 2.41. The SMILES string of the molecule is COCC(=O)NCC(=O)N1N=C(c2ccccc2Cl)C[C@H]1c1ccc(OC)cc1. The maximum Gasteiger partial charge on any atom is 0.262 e. The smallest absolute Gasteiger partial charge is 0.262 e. The number of benzene rings is 2. The Bertz CT molecular complexity index is 914. The highest BCUT2D eigenvalue weighted by atomic mass is 35.5. The fourth-order valence-electron chi connectivity index (χ4n) is 3.12. The van der Waals surface area contributed by atoms with Crippen LogP contribution in [0.2, 0.25) is 5.02 Å². The van der Waals surface area contributed by atoms with E-state index in [1.54, 1.807) is 13.2 Å². The van der Waals surface area contributed by atoms with E-state index in [0.717, 1.165) is 16.9 Å². The zero-order valence-electron chi connectivity index (χ0n) is 16.2. The number of hydrogen-bond acceptors (Lipinski definition) is 5. The van der Waals surface area contributed by atoms with Gasteiger partial charge >= 0.3 is 0 Å². The predicted octanol–water partition coefficient (Wildman–Crippen LogP) is 2.79. The number of carbonyl (C=O) groups excluding carboxylic acids is 2. The number of nitrogens with one attached hydrogen (secondary N) is 1. The summed E-state index contributed by atoms with van der Waals surface area (Å²) < 4.78 is 9.98. The molecular formula is C21H22ClN3O4. The fourth-order valence-corrected chi connectivity index (χ4v) is 3.37. The van der Waals surface area contributed by atoms with Gasteiger partial charge in [0, 0.05) is 24.1 Å². The number of nitrogens with zero attached hydrogens (tertiary/aromatic N) is 2. The van der Waals surface area contributed by atoms with E-state index in [0.29, 0.717) is 17.2 Å². The van der Waals surface area contributed by atoms with E-state index in [9.17, 15) is 9.59 Å². The lowest BCUT2D eigenvalue weighted by atomic mass is 9.98. The highest BCUT2D eigenvalue weighted by Crippen LogP contribution is 2.34. The van der Waals surface area contributed by atoms with Crippen molar-refractivity contribution in [2.45, 2.75) is 12.5 Å². The molecule has 8 heteroatoms. The van der Waals surface area contributed by atoms with Crippen LogP contribution in [0.1, 0.15) is 23.6 Å². The zero-order valence-corrected chi connectivity index (χ0v) is 17.0. The van der Waals surface area contributed by atoms with Crippen molar-refractivity contribution in [3.8, 4) is 5.75 Å². The van der Waals surface area contributed by atoms with Gasteiger partial charge in [0.25, 0.3) is 5.91 Å². The van der Waals surface area contributed by atoms with Crippen molar-refractivity contribution < 1.29 is 19.1 Å². The van der Waals surface area contributed by atoms with Crippen LogP contribution in [0.25, 0.3) is 0 Å². The van der Waals surface area contributed by atoms with Gasteiger partial charge in [-0.25, -0.2) is 5.01 Å². The number of carbonyl (C=O) groups is 2. The van der Waals surface area contributed by atoms with Gasteiger partial charge in [-0.3, -0.25) is 9.59 Å². The number of halogens is 1. The van der Waals surface area contributed by atoms with E-state index in [1.807, 2.05) is 42.5 Å². The Hall–Kier alpha value is -2.90. The van der Waals surface area contributed by atoms with Crippen LogP contribution in [0.5, 0.6) is 5.75 Å². The van der Waals surface area contributed by atoms with Crippen molar-refractivity contribution in [1.82, 2.24) is 10.3 Å². The van der Waals surface area contributed by atoms with Crippen LogP contribution in [0.4, 0.5) is 0 Å². The largest absolute Gasteiger partial charge is 0.497 e. The van der Waals surface area contributed by atoms with Crippen LogP contribution >= 0.6 is 11.6 Å². The van der Waals surface area contributed by atoms with Crippen LogP contribution in [-0.2, 0) is 14.3 Å². The molecule has 0 saturated carbocycles. The maximum absolute atomic E-state index is 12.8. The standard InChI is InChI=1S/C21H22ClN3O4/c1-28-13-20(26)23-12-21(27)25-19(14-7-9-15(29-2)10-8-14)11-18(24-25)16-5-3-4-6-17(16)22/h3-10,19H,11-13H2,1-2H3,(H,23,26)/t19-/m0/s1. The number of rotatable bonds is 7. The molecule has 1 aliphatic heterocycles. The van der Waals surface area contributed by atoms with Crippen LogP contribution in [0, 0.1) is 0 Å². The van der Waals surface area contributed by atoms with E-state index in [4.69, 9.17) is 21.1 Å². The van der Waals surface area contributed by atoms with Gasteiger partial charge in [-0.05, 0) is 23.8 Å². The van der Waals surface area contributed by atoms with Gasteiger partial charge in [0.05, 0.1) is 25.4 Å². The van der Waals surface area contributed by atoms with Gasteiger partial charge in [-0.2, -0.15) is 5.10 Å². The summed E-state index contributed by atoms with van der Waals surface area (Å²) in [6.45, 7) is -0.280. The Balaban J connectivity index is 1.86. The monoisotopic (exact) mass is 415 g/mol. The summed E-state index contributed by atoms with van der Waals surface area (Å²) in [5, 5.41) is 9.07. The first-order chi connectivity index (χ1) is 14.0. The van der Waals surface area contributed by atoms with Crippen LogP contribution in [0.15, 0.2) is 53.6 Å². The summed E-state index contributed by atoms with van der Waals surface area (Å²) in [4.78, 5) is 24.5. The predicted molar refractivity (Wildman–Crippen MR) is 110 cm³/mol. The van der Waals surface area contributed by atoms with Gasteiger partial charge in [0.1, 0.15) is 12.4 Å². The normalized spacial score (nSPS) is 15.8. The molecule has 3 rings (SSSR count). The molecule has 0 aliphatic carbocycles. The number of hydrazone groups is 1. The molecule has 152 valence electrons. The first kappa shape index (κ1) is 20.8. The summed E-state index contributed by atoms with van der Waals surface area (Å²) in [7, 11) is 3.02. The molecule has 7 nitrogen and oxygen atoms in total. The minimum Gasteiger partial charge on any atom is -0.497 e. The first-order valence-corrected chi connectivity index (χ1v) is 9.45. The molecule has 0 spiro atoms. The molecule has 1 atom stereocenters. The minimum atomic E-state index is -0.364. The second-order valence-electron chi connectivity index (χ2n) is 6.47. The molecule has 2 aromatic carbocycles. The van der Waals surface area contributed by atoms with Gasteiger partial charge in [0.2, 0.25) is 5.91 Å². The lowest BCUT2D eigenvalue weighted by molar-refractivity contribution is -0.135. The van der Waals surface area contributed by atoms with Crippen LogP contribution in [-0.4, -0.2) is 49.9 Å². The van der Waals surface area contributed by atoms with Gasteiger partial charge in [-0.15, -0.1) is 0 Å². The number of ether oxygens (including phenoxy) is 2. The number of hydrogen-bond donors (Lipinski definition) is 1. The van der Waals surface area contributed by atoms with Gasteiger partial charge in [0.15, 0.2) is 0 Å². The Kier molecular flexibility index (Phi) is 6.85. The summed E-state index contributed by atoms with van der Waals surface area (Å²) >= 11 is 6.33. The molecule has 1 heterocycles. The molecule has 2 aromatic rings. The highest BCUT2D eigenvalue weighted by Gasteiger charge is 2.33. The Morgan fingerprint density at radius 3 is 2.55 bits per heavy atom. The third-order valence-corrected chi connectivity index (χ3v) is 4.89. The quantitative estimate of drug-likeness (QED) is 0.754. The van der Waals surface area contributed by atoms with Crippen molar-refractivity contribution in [3.63, 3.8) is 0 Å². The second-order valence-corrected chi connectivity index (χ2v) is 6.87. The summed E-state index contributed by atoms with van der Waals surface area (Å²) in [5.74, 6) is 0.0392. The second kappa shape index (κ2) is 9.54. The zero-order chi connectivity index (χ0) is 20.8. The Morgan fingerprint density at radius 1 is 1.17 bits per heavy atom. The summed E-state index contributed by atoms with van der Waals surface area (Å²) in [6, 6.07) is 14.6. The minimum absolute atomic E-state index is 0.108. The molecule has 1 N–H and O–H groups in total. The van der Waals surface area contributed by atoms with Crippen molar-refractivity contribution in [2.24, 2.45) is 5.10 Å². The molecule has 0 unspecified atom stereocenters. The molecule has 2 amide bonds. The molecular weight excluding hydrogens is 394 g/mol. The highest BCUT2D eigenvalue weighted by molar-refractivity contribution is 6.34. The molecule has 0 fully saturated rings. The number of methoxy groups -OCH3 is 2. The molecule has 0 radical (unpaired) electrons. The van der Waals surface area contributed by atoms with Gasteiger partial charge in [-0.1, -0.05) is 41.9 Å². The van der Waals surface area contributed by atoms with E-state index >= 15 is 0 Å². The topological polar surface area (TPSA) is 80.2 Å². The van der Waals surface area contributed by atoms with Crippen molar-refractivity contribution in [2.75, 3.05) is 27.4 Å². The Morgan fingerprint density at radius 2 is 1.90 bits per heavy atom. The van der Waals surface area contributed by atoms with E-state index in [2.05, 4.69) is 10.4 Å². The van der Waals surface area contributed by atoms with Crippen molar-refractivity contribution in [3.05, 3.63) is 64.7 Å². The molecule has 29 heavy (non-hydrogen) atoms. The van der Waals surface area contributed by atoms with E-state index < -0.39 is 0 Å². The summed E-state index contributed by atoms with van der Waals surface area (Å²) in [6.07, 6.45) is 0.508. The van der Waals surface area contributed by atoms with Crippen LogP contribution in [0.3, 0.4) is 0 Å². The maximum atomic E-state index is 12.8. The third-order valence-electron chi connectivity index (χ3n) is 4.56. The van der Waals surface area contributed by atoms with E-state index in [1.165, 1.54) is 12.1 Å². The Labute approximate surface area is 174 Å². The molecule has 0 saturated heterocycles.